The Labute approximate surface area is 179 Å². The second-order valence-electron chi connectivity index (χ2n) is 7.10. The number of carboxylic acids is 1. The quantitative estimate of drug-likeness (QED) is 0.458. The van der Waals surface area contributed by atoms with E-state index < -0.39 is 5.97 Å². The van der Waals surface area contributed by atoms with Gasteiger partial charge in [0.05, 0.1) is 16.9 Å². The first kappa shape index (κ1) is 20.0. The lowest BCUT2D eigenvalue weighted by Gasteiger charge is -2.10. The van der Waals surface area contributed by atoms with Crippen LogP contribution in [0.25, 0.3) is 22.2 Å². The molecule has 7 heteroatoms. The van der Waals surface area contributed by atoms with Gasteiger partial charge in [0.15, 0.2) is 0 Å². The molecule has 154 valence electrons. The van der Waals surface area contributed by atoms with Gasteiger partial charge >= 0.3 is 5.97 Å². The molecule has 2 heterocycles. The number of carbonyl (C=O) groups is 1. The summed E-state index contributed by atoms with van der Waals surface area (Å²) in [6, 6.07) is 15.3. The Morgan fingerprint density at radius 1 is 1.17 bits per heavy atom. The predicted octanol–water partition coefficient (Wildman–Crippen LogP) is 4.92. The van der Waals surface area contributed by atoms with Crippen molar-refractivity contribution in [3.8, 4) is 17.0 Å². The molecule has 0 saturated heterocycles. The first-order chi connectivity index (χ1) is 14.5. The fourth-order valence-corrected chi connectivity index (χ4v) is 3.81. The molecule has 30 heavy (non-hydrogen) atoms. The van der Waals surface area contributed by atoms with Gasteiger partial charge in [-0.1, -0.05) is 30.7 Å². The standard InChI is InChI=1S/C23H22ClN3O3/c1-3-19-21(26(2)25-23(19)16-4-7-17(24)8-5-16)14-30-18-9-6-15-10-11-27(13-22(28)29)20(15)12-18/h4-12H,3,13-14H2,1-2H3,(H,28,29). The van der Waals surface area contributed by atoms with Crippen molar-refractivity contribution in [3.63, 3.8) is 0 Å². The summed E-state index contributed by atoms with van der Waals surface area (Å²) in [6.07, 6.45) is 2.60. The van der Waals surface area contributed by atoms with Crippen molar-refractivity contribution >= 4 is 28.5 Å². The van der Waals surface area contributed by atoms with Crippen LogP contribution in [0.1, 0.15) is 18.2 Å². The Kier molecular flexibility index (Phi) is 5.50. The molecule has 0 atom stereocenters. The molecule has 4 aromatic rings. The second-order valence-corrected chi connectivity index (χ2v) is 7.54. The molecule has 0 aliphatic heterocycles. The van der Waals surface area contributed by atoms with Crippen molar-refractivity contribution in [1.29, 1.82) is 0 Å². The summed E-state index contributed by atoms with van der Waals surface area (Å²) in [7, 11) is 1.92. The minimum absolute atomic E-state index is 0.0842. The Morgan fingerprint density at radius 2 is 1.93 bits per heavy atom. The Hall–Kier alpha value is -3.25. The Morgan fingerprint density at radius 3 is 2.63 bits per heavy atom. The SMILES string of the molecule is CCc1c(-c2ccc(Cl)cc2)nn(C)c1COc1ccc2ccn(CC(=O)O)c2c1. The number of aliphatic carboxylic acids is 1. The zero-order chi connectivity index (χ0) is 21.3. The van der Waals surface area contributed by atoms with Crippen LogP contribution in [0, 0.1) is 0 Å². The van der Waals surface area contributed by atoms with Crippen LogP contribution in [0.4, 0.5) is 0 Å². The third-order valence-corrected chi connectivity index (χ3v) is 5.42. The molecule has 4 rings (SSSR count). The van der Waals surface area contributed by atoms with Gasteiger partial charge in [-0.15, -0.1) is 0 Å². The van der Waals surface area contributed by atoms with Gasteiger partial charge in [0.25, 0.3) is 0 Å². The van der Waals surface area contributed by atoms with Crippen molar-refractivity contribution in [2.24, 2.45) is 7.05 Å². The summed E-state index contributed by atoms with van der Waals surface area (Å²) in [5.74, 6) is -0.194. The highest BCUT2D eigenvalue weighted by Gasteiger charge is 2.17. The monoisotopic (exact) mass is 423 g/mol. The number of halogens is 1. The third kappa shape index (κ3) is 3.91. The van der Waals surface area contributed by atoms with Gasteiger partial charge in [0, 0.05) is 35.5 Å². The number of carboxylic acid groups (broad SMARTS) is 1. The third-order valence-electron chi connectivity index (χ3n) is 5.17. The summed E-state index contributed by atoms with van der Waals surface area (Å²) >= 11 is 6.02. The minimum Gasteiger partial charge on any atom is -0.487 e. The van der Waals surface area contributed by atoms with E-state index >= 15 is 0 Å². The predicted molar refractivity (Wildman–Crippen MR) is 117 cm³/mol. The first-order valence-corrected chi connectivity index (χ1v) is 10.1. The van der Waals surface area contributed by atoms with Gasteiger partial charge in [-0.25, -0.2) is 0 Å². The van der Waals surface area contributed by atoms with Crippen molar-refractivity contribution in [1.82, 2.24) is 14.3 Å². The highest BCUT2D eigenvalue weighted by Crippen LogP contribution is 2.28. The van der Waals surface area contributed by atoms with Crippen LogP contribution >= 0.6 is 11.6 Å². The van der Waals surface area contributed by atoms with Gasteiger partial charge < -0.3 is 14.4 Å². The lowest BCUT2D eigenvalue weighted by Crippen LogP contribution is -2.07. The zero-order valence-corrected chi connectivity index (χ0v) is 17.6. The second kappa shape index (κ2) is 8.24. The number of nitrogens with zero attached hydrogens (tertiary/aromatic N) is 3. The Bertz CT molecular complexity index is 1210. The minimum atomic E-state index is -0.879. The van der Waals surface area contributed by atoms with E-state index in [-0.39, 0.29) is 6.54 Å². The molecular weight excluding hydrogens is 402 g/mol. The number of fused-ring (bicyclic) bond motifs is 1. The molecule has 0 unspecified atom stereocenters. The number of ether oxygens (including phenoxy) is 1. The van der Waals surface area contributed by atoms with Crippen LogP contribution in [0.3, 0.4) is 0 Å². The number of benzene rings is 2. The number of hydrogen-bond acceptors (Lipinski definition) is 3. The molecule has 2 aromatic heterocycles. The van der Waals surface area contributed by atoms with Crippen molar-refractivity contribution < 1.29 is 14.6 Å². The topological polar surface area (TPSA) is 69.3 Å². The summed E-state index contributed by atoms with van der Waals surface area (Å²) < 4.78 is 9.63. The van der Waals surface area contributed by atoms with Crippen molar-refractivity contribution in [2.45, 2.75) is 26.5 Å². The van der Waals surface area contributed by atoms with Crippen LogP contribution < -0.4 is 4.74 Å². The largest absolute Gasteiger partial charge is 0.487 e. The molecule has 0 spiro atoms. The number of aryl methyl sites for hydroxylation is 1. The zero-order valence-electron chi connectivity index (χ0n) is 16.8. The van der Waals surface area contributed by atoms with Crippen LogP contribution in [-0.2, 0) is 31.4 Å². The van der Waals surface area contributed by atoms with Gasteiger partial charge in [0.1, 0.15) is 18.9 Å². The van der Waals surface area contributed by atoms with Crippen LogP contribution in [0.15, 0.2) is 54.7 Å². The van der Waals surface area contributed by atoms with E-state index in [0.717, 1.165) is 39.8 Å². The molecule has 6 nitrogen and oxygen atoms in total. The smallest absolute Gasteiger partial charge is 0.323 e. The molecule has 0 saturated carbocycles. The van der Waals surface area contributed by atoms with Crippen LogP contribution in [0.2, 0.25) is 5.02 Å². The van der Waals surface area contributed by atoms with E-state index in [1.807, 2.05) is 60.3 Å². The molecule has 2 aromatic carbocycles. The first-order valence-electron chi connectivity index (χ1n) is 9.70. The van der Waals surface area contributed by atoms with E-state index in [4.69, 9.17) is 26.5 Å². The molecule has 0 fully saturated rings. The van der Waals surface area contributed by atoms with Gasteiger partial charge in [-0.05, 0) is 42.1 Å². The molecule has 0 aliphatic rings. The van der Waals surface area contributed by atoms with Crippen molar-refractivity contribution in [3.05, 3.63) is 71.0 Å². The van der Waals surface area contributed by atoms with Gasteiger partial charge in [0.2, 0.25) is 0 Å². The molecule has 0 aliphatic carbocycles. The lowest BCUT2D eigenvalue weighted by molar-refractivity contribution is -0.137. The Balaban J connectivity index is 1.60. The average Bonchev–Trinajstić information content (AvgIpc) is 3.26. The molecule has 1 N–H and O–H groups in total. The number of rotatable bonds is 7. The maximum absolute atomic E-state index is 11.1. The fraction of sp³-hybridized carbons (Fsp3) is 0.217. The fourth-order valence-electron chi connectivity index (χ4n) is 3.68. The number of hydrogen-bond donors (Lipinski definition) is 1. The van der Waals surface area contributed by atoms with E-state index in [0.29, 0.717) is 17.4 Å². The van der Waals surface area contributed by atoms with E-state index in [1.165, 1.54) is 0 Å². The maximum Gasteiger partial charge on any atom is 0.323 e. The summed E-state index contributed by atoms with van der Waals surface area (Å²) in [4.78, 5) is 11.1. The van der Waals surface area contributed by atoms with Crippen molar-refractivity contribution in [2.75, 3.05) is 0 Å². The molecule has 0 bridgehead atoms. The highest BCUT2D eigenvalue weighted by atomic mass is 35.5. The van der Waals surface area contributed by atoms with E-state index in [2.05, 4.69) is 6.92 Å². The molecule has 0 radical (unpaired) electrons. The van der Waals surface area contributed by atoms with Gasteiger partial charge in [-0.2, -0.15) is 5.10 Å². The summed E-state index contributed by atoms with van der Waals surface area (Å²) in [5, 5.41) is 15.5. The normalized spacial score (nSPS) is 11.2. The van der Waals surface area contributed by atoms with E-state index in [9.17, 15) is 4.79 Å². The highest BCUT2D eigenvalue weighted by molar-refractivity contribution is 6.30. The molecular formula is C23H22ClN3O3. The lowest BCUT2D eigenvalue weighted by atomic mass is 10.0. The van der Waals surface area contributed by atoms with Gasteiger partial charge in [-0.3, -0.25) is 9.48 Å². The average molecular weight is 424 g/mol. The number of aromatic nitrogens is 3. The van der Waals surface area contributed by atoms with Crippen LogP contribution in [-0.4, -0.2) is 25.4 Å². The molecule has 0 amide bonds. The maximum atomic E-state index is 11.1. The summed E-state index contributed by atoms with van der Waals surface area (Å²) in [6.45, 7) is 2.38. The van der Waals surface area contributed by atoms with Crippen LogP contribution in [0.5, 0.6) is 5.75 Å². The van der Waals surface area contributed by atoms with E-state index in [1.54, 1.807) is 10.8 Å². The summed E-state index contributed by atoms with van der Waals surface area (Å²) in [5.41, 5.74) is 4.92.